The van der Waals surface area contributed by atoms with Gasteiger partial charge in [0, 0.05) is 0 Å². The number of hydrazone groups is 1. The third kappa shape index (κ3) is 4.19. The lowest BCUT2D eigenvalue weighted by Crippen LogP contribution is -2.15. The van der Waals surface area contributed by atoms with Crippen LogP contribution in [-0.4, -0.2) is 35.1 Å². The van der Waals surface area contributed by atoms with Crippen molar-refractivity contribution >= 4 is 23.8 Å². The summed E-state index contributed by atoms with van der Waals surface area (Å²) in [5.41, 5.74) is 3.22. The van der Waals surface area contributed by atoms with Gasteiger partial charge in [-0.3, -0.25) is 9.78 Å². The zero-order valence-corrected chi connectivity index (χ0v) is 13.6. The van der Waals surface area contributed by atoms with E-state index in [0.717, 1.165) is 0 Å². The van der Waals surface area contributed by atoms with Gasteiger partial charge in [-0.05, 0) is 31.5 Å². The van der Waals surface area contributed by atoms with Crippen LogP contribution >= 0.6 is 11.6 Å². The number of aromatic nitrogens is 3. The van der Waals surface area contributed by atoms with Gasteiger partial charge in [-0.1, -0.05) is 11.6 Å². The maximum atomic E-state index is 11.4. The van der Waals surface area contributed by atoms with Crippen molar-refractivity contribution in [1.29, 1.82) is 0 Å². The van der Waals surface area contributed by atoms with Gasteiger partial charge in [0.25, 0.3) is 5.56 Å². The number of rotatable bonds is 6. The van der Waals surface area contributed by atoms with Crippen LogP contribution in [0.5, 0.6) is 11.5 Å². The van der Waals surface area contributed by atoms with Crippen LogP contribution in [0.3, 0.4) is 0 Å². The van der Waals surface area contributed by atoms with E-state index >= 15 is 0 Å². The van der Waals surface area contributed by atoms with Crippen molar-refractivity contribution < 1.29 is 9.47 Å². The average molecular weight is 338 g/mol. The van der Waals surface area contributed by atoms with Crippen LogP contribution < -0.4 is 20.5 Å². The third-order valence-electron chi connectivity index (χ3n) is 2.79. The molecule has 0 unspecified atom stereocenters. The van der Waals surface area contributed by atoms with Crippen molar-refractivity contribution in [2.24, 2.45) is 5.10 Å². The van der Waals surface area contributed by atoms with Gasteiger partial charge in [0.1, 0.15) is 5.69 Å². The minimum Gasteiger partial charge on any atom is -0.493 e. The molecule has 0 spiro atoms. The zero-order valence-electron chi connectivity index (χ0n) is 12.9. The largest absolute Gasteiger partial charge is 0.493 e. The maximum absolute atomic E-state index is 11.4. The predicted molar refractivity (Wildman–Crippen MR) is 87.8 cm³/mol. The highest BCUT2D eigenvalue weighted by Crippen LogP contribution is 2.35. The molecule has 0 aliphatic carbocycles. The smallest absolute Gasteiger partial charge is 0.274 e. The molecule has 0 fully saturated rings. The van der Waals surface area contributed by atoms with Crippen molar-refractivity contribution in [1.82, 2.24) is 15.2 Å². The highest BCUT2D eigenvalue weighted by molar-refractivity contribution is 6.32. The first-order valence-electron chi connectivity index (χ1n) is 6.78. The number of nitrogens with one attached hydrogen (secondary N) is 2. The summed E-state index contributed by atoms with van der Waals surface area (Å²) in [6.45, 7) is 3.90. The number of halogens is 1. The second kappa shape index (κ2) is 7.59. The van der Waals surface area contributed by atoms with Crippen molar-refractivity contribution in [3.63, 3.8) is 0 Å². The molecular formula is C14H16ClN5O3. The molecule has 2 N–H and O–H groups in total. The van der Waals surface area contributed by atoms with E-state index in [-0.39, 0.29) is 17.2 Å². The van der Waals surface area contributed by atoms with Crippen molar-refractivity contribution in [2.45, 2.75) is 13.8 Å². The van der Waals surface area contributed by atoms with E-state index < -0.39 is 0 Å². The number of methoxy groups -OCH3 is 1. The predicted octanol–water partition coefficient (Wildman–Crippen LogP) is 1.98. The number of hydrogen-bond donors (Lipinski definition) is 2. The standard InChI is InChI=1S/C14H16ClN5O3/c1-4-23-12-10(15)5-9(6-11(12)22-3)7-16-19-14-17-13(21)8(2)18-20-14/h5-7H,4H2,1-3H3,(H2,17,19,20,21)/b16-7+. The molecule has 0 aliphatic heterocycles. The number of ether oxygens (including phenoxy) is 2. The molecule has 1 aromatic carbocycles. The molecule has 1 aromatic heterocycles. The van der Waals surface area contributed by atoms with Gasteiger partial charge in [0.2, 0.25) is 5.95 Å². The zero-order chi connectivity index (χ0) is 16.8. The Bertz CT molecular complexity index is 775. The van der Waals surface area contributed by atoms with Crippen LogP contribution in [0.25, 0.3) is 0 Å². The molecule has 2 aromatic rings. The van der Waals surface area contributed by atoms with Gasteiger partial charge in [-0.25, -0.2) is 5.43 Å². The molecule has 1 heterocycles. The van der Waals surface area contributed by atoms with Crippen LogP contribution in [-0.2, 0) is 0 Å². The van der Waals surface area contributed by atoms with Gasteiger partial charge in [-0.2, -0.15) is 5.10 Å². The monoisotopic (exact) mass is 337 g/mol. The van der Waals surface area contributed by atoms with Gasteiger partial charge >= 0.3 is 0 Å². The molecule has 2 rings (SSSR count). The Kier molecular flexibility index (Phi) is 5.53. The first-order valence-corrected chi connectivity index (χ1v) is 7.16. The van der Waals surface area contributed by atoms with Crippen LogP contribution in [0, 0.1) is 6.92 Å². The van der Waals surface area contributed by atoms with E-state index in [1.165, 1.54) is 13.3 Å². The first kappa shape index (κ1) is 16.8. The molecule has 9 heteroatoms. The van der Waals surface area contributed by atoms with Gasteiger partial charge in [0.05, 0.1) is 25.0 Å². The van der Waals surface area contributed by atoms with Gasteiger partial charge in [-0.15, -0.1) is 10.2 Å². The highest BCUT2D eigenvalue weighted by atomic mass is 35.5. The van der Waals surface area contributed by atoms with Crippen molar-refractivity contribution in [2.75, 3.05) is 19.1 Å². The Hall–Kier alpha value is -2.61. The van der Waals surface area contributed by atoms with E-state index in [2.05, 4.69) is 25.7 Å². The van der Waals surface area contributed by atoms with Crippen LogP contribution in [0.4, 0.5) is 5.95 Å². The van der Waals surface area contributed by atoms with E-state index in [4.69, 9.17) is 21.1 Å². The normalized spacial score (nSPS) is 10.8. The lowest BCUT2D eigenvalue weighted by Gasteiger charge is -2.11. The molecule has 0 saturated carbocycles. The van der Waals surface area contributed by atoms with Gasteiger partial charge in [0.15, 0.2) is 11.5 Å². The Labute approximate surface area is 137 Å². The van der Waals surface area contributed by atoms with Crippen molar-refractivity contribution in [3.05, 3.63) is 38.8 Å². The summed E-state index contributed by atoms with van der Waals surface area (Å²) in [7, 11) is 1.53. The summed E-state index contributed by atoms with van der Waals surface area (Å²) in [5.74, 6) is 1.13. The topological polar surface area (TPSA) is 101 Å². The fourth-order valence-electron chi connectivity index (χ4n) is 1.71. The molecule has 0 amide bonds. The number of aryl methyl sites for hydroxylation is 1. The van der Waals surface area contributed by atoms with E-state index in [1.807, 2.05) is 6.92 Å². The number of benzene rings is 1. The van der Waals surface area contributed by atoms with E-state index in [0.29, 0.717) is 28.7 Å². The fraction of sp³-hybridized carbons (Fsp3) is 0.286. The second-order valence-electron chi connectivity index (χ2n) is 4.43. The van der Waals surface area contributed by atoms with Crippen LogP contribution in [0.1, 0.15) is 18.2 Å². The maximum Gasteiger partial charge on any atom is 0.274 e. The molecule has 23 heavy (non-hydrogen) atoms. The van der Waals surface area contributed by atoms with Crippen LogP contribution in [0.2, 0.25) is 5.02 Å². The molecule has 0 radical (unpaired) electrons. The molecule has 0 bridgehead atoms. The Morgan fingerprint density at radius 2 is 2.22 bits per heavy atom. The summed E-state index contributed by atoms with van der Waals surface area (Å²) in [4.78, 5) is 13.9. The summed E-state index contributed by atoms with van der Waals surface area (Å²) in [6.07, 6.45) is 1.50. The van der Waals surface area contributed by atoms with Crippen LogP contribution in [0.15, 0.2) is 22.0 Å². The minimum atomic E-state index is -0.330. The number of anilines is 1. The first-order chi connectivity index (χ1) is 11.0. The highest BCUT2D eigenvalue weighted by Gasteiger charge is 2.10. The number of nitrogens with zero attached hydrogens (tertiary/aromatic N) is 3. The summed E-state index contributed by atoms with van der Waals surface area (Å²) in [6, 6.07) is 3.41. The molecule has 8 nitrogen and oxygen atoms in total. The SMILES string of the molecule is CCOc1c(Cl)cc(/C=N/Nc2nnc(C)c(=O)[nH]2)cc1OC. The summed E-state index contributed by atoms with van der Waals surface area (Å²) >= 11 is 6.17. The number of H-pyrrole nitrogens is 1. The quantitative estimate of drug-likeness (QED) is 0.617. The summed E-state index contributed by atoms with van der Waals surface area (Å²) < 4.78 is 10.7. The van der Waals surface area contributed by atoms with Crippen molar-refractivity contribution in [3.8, 4) is 11.5 Å². The molecule has 0 atom stereocenters. The lowest BCUT2D eigenvalue weighted by molar-refractivity contribution is 0.311. The van der Waals surface area contributed by atoms with E-state index in [9.17, 15) is 4.79 Å². The fourth-order valence-corrected chi connectivity index (χ4v) is 1.98. The number of aromatic amines is 1. The van der Waals surface area contributed by atoms with Gasteiger partial charge < -0.3 is 9.47 Å². The Morgan fingerprint density at radius 3 is 2.87 bits per heavy atom. The molecule has 0 saturated heterocycles. The van der Waals surface area contributed by atoms with E-state index in [1.54, 1.807) is 19.1 Å². The lowest BCUT2D eigenvalue weighted by atomic mass is 10.2. The average Bonchev–Trinajstić information content (AvgIpc) is 2.53. The second-order valence-corrected chi connectivity index (χ2v) is 4.83. The molecule has 0 aliphatic rings. The minimum absolute atomic E-state index is 0.140. The number of hydrogen-bond acceptors (Lipinski definition) is 7. The Balaban J connectivity index is 2.17. The Morgan fingerprint density at radius 1 is 1.43 bits per heavy atom. The molecule has 122 valence electrons. The molecular weight excluding hydrogens is 322 g/mol. The summed E-state index contributed by atoms with van der Waals surface area (Å²) in [5, 5.41) is 11.8. The third-order valence-corrected chi connectivity index (χ3v) is 3.07.